The van der Waals surface area contributed by atoms with Gasteiger partial charge in [-0.3, -0.25) is 4.79 Å². The SMILES string of the molecule is O=C(CCCCl)NCC1Cc2ccccc2CO1. The lowest BCUT2D eigenvalue weighted by Crippen LogP contribution is -2.36. The quantitative estimate of drug-likeness (QED) is 0.831. The predicted octanol–water partition coefficient (Wildman–Crippen LogP) is 2.26. The molecule has 1 unspecified atom stereocenters. The van der Waals surface area contributed by atoms with Gasteiger partial charge in [-0.1, -0.05) is 24.3 Å². The highest BCUT2D eigenvalue weighted by Gasteiger charge is 2.18. The number of nitrogens with one attached hydrogen (secondary N) is 1. The highest BCUT2D eigenvalue weighted by molar-refractivity contribution is 6.17. The standard InChI is InChI=1S/C14H18ClNO2/c15-7-3-6-14(17)16-9-13-8-11-4-1-2-5-12(11)10-18-13/h1-2,4-5,13H,3,6-10H2,(H,16,17). The van der Waals surface area contributed by atoms with E-state index in [-0.39, 0.29) is 12.0 Å². The van der Waals surface area contributed by atoms with Gasteiger partial charge in [-0.2, -0.15) is 0 Å². The van der Waals surface area contributed by atoms with Crippen LogP contribution in [0.25, 0.3) is 0 Å². The topological polar surface area (TPSA) is 38.3 Å². The molecule has 0 saturated carbocycles. The van der Waals surface area contributed by atoms with Crippen LogP contribution in [0.5, 0.6) is 0 Å². The summed E-state index contributed by atoms with van der Waals surface area (Å²) in [5.41, 5.74) is 2.57. The number of ether oxygens (including phenoxy) is 1. The van der Waals surface area contributed by atoms with Crippen molar-refractivity contribution in [1.29, 1.82) is 0 Å². The van der Waals surface area contributed by atoms with Crippen LogP contribution in [-0.2, 0) is 22.6 Å². The van der Waals surface area contributed by atoms with E-state index in [1.165, 1.54) is 11.1 Å². The van der Waals surface area contributed by atoms with Crippen LogP contribution in [0.1, 0.15) is 24.0 Å². The molecule has 18 heavy (non-hydrogen) atoms. The molecule has 1 atom stereocenters. The first-order chi connectivity index (χ1) is 8.79. The van der Waals surface area contributed by atoms with Crippen molar-refractivity contribution in [2.75, 3.05) is 12.4 Å². The average Bonchev–Trinajstić information content (AvgIpc) is 2.42. The monoisotopic (exact) mass is 267 g/mol. The Bertz CT molecular complexity index is 409. The molecule has 1 aliphatic rings. The predicted molar refractivity (Wildman–Crippen MR) is 71.7 cm³/mol. The number of carbonyl (C=O) groups excluding carboxylic acids is 1. The van der Waals surface area contributed by atoms with Gasteiger partial charge in [-0.25, -0.2) is 0 Å². The Balaban J connectivity index is 1.78. The molecular formula is C14H18ClNO2. The lowest BCUT2D eigenvalue weighted by atomic mass is 9.99. The maximum absolute atomic E-state index is 11.5. The molecule has 1 aliphatic heterocycles. The van der Waals surface area contributed by atoms with Crippen LogP contribution < -0.4 is 5.32 Å². The summed E-state index contributed by atoms with van der Waals surface area (Å²) in [5.74, 6) is 0.582. The van der Waals surface area contributed by atoms with Gasteiger partial charge in [0.25, 0.3) is 0 Å². The van der Waals surface area contributed by atoms with Gasteiger partial charge in [0.15, 0.2) is 0 Å². The Morgan fingerprint density at radius 3 is 2.94 bits per heavy atom. The number of carbonyl (C=O) groups is 1. The van der Waals surface area contributed by atoms with Crippen LogP contribution in [0, 0.1) is 0 Å². The molecule has 2 rings (SSSR count). The zero-order chi connectivity index (χ0) is 12.8. The zero-order valence-corrected chi connectivity index (χ0v) is 11.1. The Labute approximate surface area is 112 Å². The first kappa shape index (κ1) is 13.4. The molecule has 1 aromatic rings. The van der Waals surface area contributed by atoms with Crippen molar-refractivity contribution in [3.8, 4) is 0 Å². The molecule has 0 radical (unpaired) electrons. The van der Waals surface area contributed by atoms with Crippen molar-refractivity contribution < 1.29 is 9.53 Å². The summed E-state index contributed by atoms with van der Waals surface area (Å²) in [7, 11) is 0. The molecule has 3 nitrogen and oxygen atoms in total. The molecule has 4 heteroatoms. The highest BCUT2D eigenvalue weighted by atomic mass is 35.5. The maximum atomic E-state index is 11.5. The lowest BCUT2D eigenvalue weighted by molar-refractivity contribution is -0.121. The van der Waals surface area contributed by atoms with Crippen LogP contribution in [0.15, 0.2) is 24.3 Å². The Hall–Kier alpha value is -1.06. The smallest absolute Gasteiger partial charge is 0.220 e. The van der Waals surface area contributed by atoms with Crippen LogP contribution in [0.2, 0.25) is 0 Å². The number of hydrogen-bond acceptors (Lipinski definition) is 2. The minimum absolute atomic E-state index is 0.0538. The molecule has 1 N–H and O–H groups in total. The lowest BCUT2D eigenvalue weighted by Gasteiger charge is -2.25. The van der Waals surface area contributed by atoms with Crippen molar-refractivity contribution in [2.24, 2.45) is 0 Å². The Morgan fingerprint density at radius 2 is 2.17 bits per heavy atom. The number of halogens is 1. The van der Waals surface area contributed by atoms with E-state index in [1.54, 1.807) is 0 Å². The highest BCUT2D eigenvalue weighted by Crippen LogP contribution is 2.19. The first-order valence-electron chi connectivity index (χ1n) is 6.30. The summed E-state index contributed by atoms with van der Waals surface area (Å²) in [6.07, 6.45) is 2.17. The van der Waals surface area contributed by atoms with Gasteiger partial charge in [-0.05, 0) is 17.5 Å². The minimum Gasteiger partial charge on any atom is -0.371 e. The van der Waals surface area contributed by atoms with Gasteiger partial charge in [0.2, 0.25) is 5.91 Å². The summed E-state index contributed by atoms with van der Waals surface area (Å²) >= 11 is 5.55. The summed E-state index contributed by atoms with van der Waals surface area (Å²) in [6.45, 7) is 1.22. The third kappa shape index (κ3) is 3.72. The van der Waals surface area contributed by atoms with Gasteiger partial charge in [0, 0.05) is 25.3 Å². The van der Waals surface area contributed by atoms with E-state index < -0.39 is 0 Å². The van der Waals surface area contributed by atoms with Crippen LogP contribution in [-0.4, -0.2) is 24.4 Å². The second-order valence-electron chi connectivity index (χ2n) is 4.50. The van der Waals surface area contributed by atoms with Gasteiger partial charge in [0.1, 0.15) is 0 Å². The first-order valence-corrected chi connectivity index (χ1v) is 6.84. The van der Waals surface area contributed by atoms with Crippen molar-refractivity contribution in [1.82, 2.24) is 5.32 Å². The van der Waals surface area contributed by atoms with E-state index in [0.717, 1.165) is 12.8 Å². The second kappa shape index (κ2) is 6.76. The largest absolute Gasteiger partial charge is 0.371 e. The second-order valence-corrected chi connectivity index (χ2v) is 4.88. The number of fused-ring (bicyclic) bond motifs is 1. The zero-order valence-electron chi connectivity index (χ0n) is 10.3. The van der Waals surface area contributed by atoms with Gasteiger partial charge >= 0.3 is 0 Å². The number of rotatable bonds is 5. The van der Waals surface area contributed by atoms with Gasteiger partial charge in [0.05, 0.1) is 12.7 Å². The van der Waals surface area contributed by atoms with Crippen LogP contribution in [0.3, 0.4) is 0 Å². The summed E-state index contributed by atoms with van der Waals surface area (Å²) in [6, 6.07) is 8.28. The Kier molecular flexibility index (Phi) is 5.02. The number of alkyl halides is 1. The molecular weight excluding hydrogens is 250 g/mol. The van der Waals surface area contributed by atoms with E-state index >= 15 is 0 Å². The Morgan fingerprint density at radius 1 is 1.39 bits per heavy atom. The third-order valence-electron chi connectivity index (χ3n) is 3.10. The van der Waals surface area contributed by atoms with Gasteiger partial charge in [-0.15, -0.1) is 11.6 Å². The van der Waals surface area contributed by atoms with E-state index in [0.29, 0.717) is 25.5 Å². The molecule has 1 aromatic carbocycles. The number of amides is 1. The van der Waals surface area contributed by atoms with Gasteiger partial charge < -0.3 is 10.1 Å². The third-order valence-corrected chi connectivity index (χ3v) is 3.37. The maximum Gasteiger partial charge on any atom is 0.220 e. The summed E-state index contributed by atoms with van der Waals surface area (Å²) in [4.78, 5) is 11.5. The average molecular weight is 268 g/mol. The van der Waals surface area contributed by atoms with E-state index in [4.69, 9.17) is 16.3 Å². The molecule has 98 valence electrons. The molecule has 0 aliphatic carbocycles. The van der Waals surface area contributed by atoms with Crippen LogP contribution in [0.4, 0.5) is 0 Å². The van der Waals surface area contributed by atoms with Crippen molar-refractivity contribution >= 4 is 17.5 Å². The van der Waals surface area contributed by atoms with E-state index in [1.807, 2.05) is 12.1 Å². The molecule has 1 amide bonds. The fourth-order valence-electron chi connectivity index (χ4n) is 2.08. The molecule has 1 heterocycles. The number of hydrogen-bond donors (Lipinski definition) is 1. The molecule has 0 spiro atoms. The molecule has 0 bridgehead atoms. The minimum atomic E-state index is 0.0538. The molecule has 0 saturated heterocycles. The van der Waals surface area contributed by atoms with E-state index in [9.17, 15) is 4.79 Å². The normalized spacial score (nSPS) is 18.2. The molecule has 0 fully saturated rings. The summed E-state index contributed by atoms with van der Waals surface area (Å²) in [5, 5.41) is 2.90. The summed E-state index contributed by atoms with van der Waals surface area (Å²) < 4.78 is 5.72. The molecule has 0 aromatic heterocycles. The van der Waals surface area contributed by atoms with E-state index in [2.05, 4.69) is 17.4 Å². The van der Waals surface area contributed by atoms with Crippen molar-refractivity contribution in [3.05, 3.63) is 35.4 Å². The van der Waals surface area contributed by atoms with Crippen LogP contribution >= 0.6 is 11.6 Å². The number of benzene rings is 1. The fourth-order valence-corrected chi connectivity index (χ4v) is 2.22. The van der Waals surface area contributed by atoms with Crippen molar-refractivity contribution in [3.63, 3.8) is 0 Å². The van der Waals surface area contributed by atoms with Crippen molar-refractivity contribution in [2.45, 2.75) is 32.0 Å². The fraction of sp³-hybridized carbons (Fsp3) is 0.500.